The van der Waals surface area contributed by atoms with E-state index in [1.807, 2.05) is 52.0 Å². The van der Waals surface area contributed by atoms with Crippen LogP contribution >= 0.6 is 0 Å². The van der Waals surface area contributed by atoms with Gasteiger partial charge in [-0.1, -0.05) is 58.4 Å². The van der Waals surface area contributed by atoms with E-state index < -0.39 is 0 Å². The Kier molecular flexibility index (Phi) is 52.0. The van der Waals surface area contributed by atoms with Crippen LogP contribution in [0.25, 0.3) is 0 Å². The van der Waals surface area contributed by atoms with Crippen molar-refractivity contribution in [2.24, 2.45) is 0 Å². The lowest BCUT2D eigenvalue weighted by molar-refractivity contribution is 1.09. The molecule has 0 amide bonds. The van der Waals surface area contributed by atoms with Crippen LogP contribution in [0.3, 0.4) is 0 Å². The molecule has 0 aliphatic heterocycles. The van der Waals surface area contributed by atoms with Gasteiger partial charge in [0, 0.05) is 0 Å². The lowest BCUT2D eigenvalue weighted by Gasteiger charge is -1.62. The summed E-state index contributed by atoms with van der Waals surface area (Å²) in [5, 5.41) is 0. The predicted molar refractivity (Wildman–Crippen MR) is 56.9 cm³/mol. The van der Waals surface area contributed by atoms with Gasteiger partial charge in [-0.05, 0) is 13.8 Å². The molecular weight excluding hydrogens is 132 g/mol. The van der Waals surface area contributed by atoms with Crippen LogP contribution in [-0.4, -0.2) is 0 Å². The molecule has 0 heterocycles. The van der Waals surface area contributed by atoms with Crippen molar-refractivity contribution in [2.75, 3.05) is 0 Å². The summed E-state index contributed by atoms with van der Waals surface area (Å²) in [6.45, 7) is 12.2. The molecule has 0 N–H and O–H groups in total. The van der Waals surface area contributed by atoms with E-state index in [0.29, 0.717) is 0 Å². The third kappa shape index (κ3) is 86.2. The van der Waals surface area contributed by atoms with Crippen molar-refractivity contribution in [3.05, 3.63) is 24.3 Å². The third-order valence-electron chi connectivity index (χ3n) is 0.496. The highest BCUT2D eigenvalue weighted by atomic mass is 13.6. The zero-order chi connectivity index (χ0) is 9.54. The molecule has 0 bridgehead atoms. The van der Waals surface area contributed by atoms with Gasteiger partial charge in [0.2, 0.25) is 0 Å². The second kappa shape index (κ2) is 34.0. The second-order valence-electron chi connectivity index (χ2n) is 1.76. The highest BCUT2D eigenvalue weighted by Gasteiger charge is 1.48. The van der Waals surface area contributed by atoms with Gasteiger partial charge >= 0.3 is 0 Å². The standard InChI is InChI=1S/C6H10.C3H8.C2H6/c1-3-5-6-4-2;1-3-2;1-2/h3-6H,1-2H3;3H2,1-2H3;1-2H3/b5-3-,6-4-;;. The van der Waals surface area contributed by atoms with E-state index in [-0.39, 0.29) is 0 Å². The van der Waals surface area contributed by atoms with E-state index in [1.54, 1.807) is 0 Å². The summed E-state index contributed by atoms with van der Waals surface area (Å²) in [6, 6.07) is 0. The highest BCUT2D eigenvalue weighted by molar-refractivity contribution is 4.98. The number of rotatable bonds is 1. The quantitative estimate of drug-likeness (QED) is 0.487. The van der Waals surface area contributed by atoms with Gasteiger partial charge in [0.05, 0.1) is 0 Å². The Bertz CT molecular complexity index is 58.1. The van der Waals surface area contributed by atoms with Crippen LogP contribution in [0.4, 0.5) is 0 Å². The Morgan fingerprint density at radius 1 is 0.818 bits per heavy atom. The smallest absolute Gasteiger partial charge is 0.0467 e. The molecule has 0 nitrogen and oxygen atoms in total. The van der Waals surface area contributed by atoms with Crippen molar-refractivity contribution in [3.8, 4) is 0 Å². The molecule has 11 heavy (non-hydrogen) atoms. The Balaban J connectivity index is -0.000000109. The van der Waals surface area contributed by atoms with Gasteiger partial charge in [-0.25, -0.2) is 0 Å². The van der Waals surface area contributed by atoms with E-state index in [9.17, 15) is 0 Å². The van der Waals surface area contributed by atoms with Crippen LogP contribution in [0.5, 0.6) is 0 Å². The molecule has 0 fully saturated rings. The molecule has 0 aliphatic carbocycles. The SMILES string of the molecule is C/C=C\C=C/C.CC.CCC. The molecule has 0 saturated carbocycles. The van der Waals surface area contributed by atoms with Gasteiger partial charge in [-0.2, -0.15) is 0 Å². The monoisotopic (exact) mass is 156 g/mol. The molecule has 0 heteroatoms. The van der Waals surface area contributed by atoms with Gasteiger partial charge in [0.15, 0.2) is 0 Å². The third-order valence-corrected chi connectivity index (χ3v) is 0.496. The molecule has 0 aromatic heterocycles. The van der Waals surface area contributed by atoms with Crippen LogP contribution in [0.15, 0.2) is 24.3 Å². The lowest BCUT2D eigenvalue weighted by atomic mass is 10.5. The van der Waals surface area contributed by atoms with Crippen molar-refractivity contribution in [3.63, 3.8) is 0 Å². The molecule has 0 spiro atoms. The highest BCUT2D eigenvalue weighted by Crippen LogP contribution is 1.71. The van der Waals surface area contributed by atoms with Crippen molar-refractivity contribution in [1.82, 2.24) is 0 Å². The summed E-state index contributed by atoms with van der Waals surface area (Å²) >= 11 is 0. The molecule has 0 rings (SSSR count). The molecule has 0 aromatic carbocycles. The minimum absolute atomic E-state index is 1.25. The summed E-state index contributed by atoms with van der Waals surface area (Å²) in [5.41, 5.74) is 0. The Hall–Kier alpha value is -0.520. The maximum Gasteiger partial charge on any atom is -0.0467 e. The van der Waals surface area contributed by atoms with Crippen molar-refractivity contribution < 1.29 is 0 Å². The Labute approximate surface area is 73.0 Å². The molecule has 0 unspecified atom stereocenters. The minimum atomic E-state index is 1.25. The van der Waals surface area contributed by atoms with Crippen molar-refractivity contribution >= 4 is 0 Å². The fraction of sp³-hybridized carbons (Fsp3) is 0.636. The van der Waals surface area contributed by atoms with Crippen LogP contribution < -0.4 is 0 Å². The van der Waals surface area contributed by atoms with Gasteiger partial charge in [0.1, 0.15) is 0 Å². The minimum Gasteiger partial charge on any atom is -0.0877 e. The van der Waals surface area contributed by atoms with Crippen LogP contribution in [-0.2, 0) is 0 Å². The largest absolute Gasteiger partial charge is 0.0877 e. The molecule has 0 aromatic rings. The van der Waals surface area contributed by atoms with Crippen LogP contribution in [0, 0.1) is 0 Å². The molecule has 0 radical (unpaired) electrons. The molecule has 0 aliphatic rings. The second-order valence-corrected chi connectivity index (χ2v) is 1.76. The van der Waals surface area contributed by atoms with Crippen molar-refractivity contribution in [1.29, 1.82) is 0 Å². The van der Waals surface area contributed by atoms with Gasteiger partial charge in [-0.3, -0.25) is 0 Å². The lowest BCUT2D eigenvalue weighted by Crippen LogP contribution is -1.40. The van der Waals surface area contributed by atoms with Gasteiger partial charge in [-0.15, -0.1) is 0 Å². The summed E-state index contributed by atoms with van der Waals surface area (Å²) in [4.78, 5) is 0. The normalized spacial score (nSPS) is 8.55. The molecule has 0 saturated heterocycles. The molecule has 0 atom stereocenters. The fourth-order valence-electron chi connectivity index (χ4n) is 0.222. The van der Waals surface area contributed by atoms with Crippen LogP contribution in [0.2, 0.25) is 0 Å². The first kappa shape index (κ1) is 16.8. The van der Waals surface area contributed by atoms with Gasteiger partial charge in [0.25, 0.3) is 0 Å². The van der Waals surface area contributed by atoms with E-state index in [1.165, 1.54) is 6.42 Å². The Morgan fingerprint density at radius 2 is 1.00 bits per heavy atom. The summed E-state index contributed by atoms with van der Waals surface area (Å²) in [7, 11) is 0. The first-order chi connectivity index (χ1) is 5.33. The maximum absolute atomic E-state index is 2.12. The molecular formula is C11H24. The van der Waals surface area contributed by atoms with E-state index in [0.717, 1.165) is 0 Å². The number of hydrogen-bond acceptors (Lipinski definition) is 0. The Morgan fingerprint density at radius 3 is 1.09 bits per heavy atom. The number of hydrogen-bond donors (Lipinski definition) is 0. The number of allylic oxidation sites excluding steroid dienone is 4. The fourth-order valence-corrected chi connectivity index (χ4v) is 0.222. The van der Waals surface area contributed by atoms with E-state index in [2.05, 4.69) is 13.8 Å². The van der Waals surface area contributed by atoms with Crippen molar-refractivity contribution in [2.45, 2.75) is 48.0 Å². The zero-order valence-electron chi connectivity index (χ0n) is 9.02. The topological polar surface area (TPSA) is 0 Å². The zero-order valence-corrected chi connectivity index (χ0v) is 9.02. The first-order valence-corrected chi connectivity index (χ1v) is 4.57. The first-order valence-electron chi connectivity index (χ1n) is 4.57. The van der Waals surface area contributed by atoms with Crippen LogP contribution in [0.1, 0.15) is 48.0 Å². The molecule has 68 valence electrons. The predicted octanol–water partition coefficient (Wildman–Crippen LogP) is 4.58. The summed E-state index contributed by atoms with van der Waals surface area (Å²) < 4.78 is 0. The van der Waals surface area contributed by atoms with E-state index >= 15 is 0 Å². The summed E-state index contributed by atoms with van der Waals surface area (Å²) in [5.74, 6) is 0. The average Bonchev–Trinajstić information content (AvgIpc) is 2.06. The van der Waals surface area contributed by atoms with E-state index in [4.69, 9.17) is 0 Å². The summed E-state index contributed by atoms with van der Waals surface area (Å²) in [6.07, 6.45) is 9.25. The maximum atomic E-state index is 2.12. The average molecular weight is 156 g/mol. The van der Waals surface area contributed by atoms with Gasteiger partial charge < -0.3 is 0 Å².